The van der Waals surface area contributed by atoms with E-state index in [4.69, 9.17) is 9.47 Å². The van der Waals surface area contributed by atoms with Gasteiger partial charge in [0.1, 0.15) is 11.6 Å². The van der Waals surface area contributed by atoms with Gasteiger partial charge in [-0.25, -0.2) is 9.59 Å². The molecule has 0 aliphatic rings. The predicted molar refractivity (Wildman–Crippen MR) is 105 cm³/mol. The van der Waals surface area contributed by atoms with Gasteiger partial charge >= 0.3 is 12.1 Å². The quantitative estimate of drug-likeness (QED) is 0.258. The number of thiol groups is 1. The molecule has 1 atom stereocenters. The molecule has 0 heterocycles. The van der Waals surface area contributed by atoms with Crippen molar-refractivity contribution in [1.82, 2.24) is 5.32 Å². The zero-order valence-electron chi connectivity index (χ0n) is 16.1. The lowest BCUT2D eigenvalue weighted by molar-refractivity contribution is -0.145. The van der Waals surface area contributed by atoms with Gasteiger partial charge in [0.25, 0.3) is 0 Å². The highest BCUT2D eigenvalue weighted by atomic mass is 32.1. The van der Waals surface area contributed by atoms with Gasteiger partial charge in [-0.15, -0.1) is 0 Å². The smallest absolute Gasteiger partial charge is 0.408 e. The van der Waals surface area contributed by atoms with Crippen LogP contribution in [-0.4, -0.2) is 44.1 Å². The van der Waals surface area contributed by atoms with E-state index in [1.165, 1.54) is 0 Å². The van der Waals surface area contributed by atoms with Gasteiger partial charge in [0.2, 0.25) is 0 Å². The van der Waals surface area contributed by atoms with E-state index in [-0.39, 0.29) is 5.97 Å². The molecule has 0 aliphatic carbocycles. The van der Waals surface area contributed by atoms with Crippen LogP contribution in [0, 0.1) is 0 Å². The van der Waals surface area contributed by atoms with Crippen molar-refractivity contribution in [1.29, 1.82) is 0 Å². The zero-order valence-corrected chi connectivity index (χ0v) is 18.0. The van der Waals surface area contributed by atoms with Crippen molar-refractivity contribution in [2.45, 2.75) is 83.8 Å². The minimum atomic E-state index is -1.26. The molecule has 0 spiro atoms. The fraction of sp³-hybridized carbons (Fsp3) is 0.882. The molecule has 0 fully saturated rings. The van der Waals surface area contributed by atoms with Crippen molar-refractivity contribution in [2.24, 2.45) is 0 Å². The molecule has 1 amide bonds. The van der Waals surface area contributed by atoms with Gasteiger partial charge in [-0.2, -0.15) is 12.6 Å². The van der Waals surface area contributed by atoms with Crippen molar-refractivity contribution in [2.75, 3.05) is 12.4 Å². The molecule has 5 nitrogen and oxygen atoms in total. The first-order valence-electron chi connectivity index (χ1n) is 8.71. The van der Waals surface area contributed by atoms with Gasteiger partial charge in [0, 0.05) is 8.07 Å². The van der Waals surface area contributed by atoms with E-state index in [1.54, 1.807) is 20.8 Å². The van der Waals surface area contributed by atoms with Crippen LogP contribution in [0.15, 0.2) is 0 Å². The Morgan fingerprint density at radius 2 is 1.75 bits per heavy atom. The Kier molecular flexibility index (Phi) is 10.7. The Morgan fingerprint density at radius 1 is 1.12 bits per heavy atom. The van der Waals surface area contributed by atoms with E-state index < -0.39 is 25.8 Å². The largest absolute Gasteiger partial charge is 0.464 e. The van der Waals surface area contributed by atoms with Crippen LogP contribution < -0.4 is 5.32 Å². The van der Waals surface area contributed by atoms with Gasteiger partial charge < -0.3 is 14.8 Å². The number of nitrogens with one attached hydrogen (secondary N) is 1. The molecule has 24 heavy (non-hydrogen) atoms. The molecule has 0 aromatic heterocycles. The molecule has 0 aromatic rings. The first-order valence-corrected chi connectivity index (χ1v) is 13.1. The van der Waals surface area contributed by atoms with Crippen molar-refractivity contribution < 1.29 is 19.1 Å². The van der Waals surface area contributed by atoms with Crippen LogP contribution in [0.5, 0.6) is 0 Å². The summed E-state index contributed by atoms with van der Waals surface area (Å²) in [5.74, 6) is 0.454. The zero-order chi connectivity index (χ0) is 18.8. The van der Waals surface area contributed by atoms with Crippen LogP contribution in [0.25, 0.3) is 0 Å². The number of amides is 1. The highest BCUT2D eigenvalue weighted by Crippen LogP contribution is 2.12. The second kappa shape index (κ2) is 11.0. The number of hydrogen-bond donors (Lipinski definition) is 2. The molecule has 0 bridgehead atoms. The number of alkyl carbamates (subject to hydrolysis) is 1. The van der Waals surface area contributed by atoms with Crippen molar-refractivity contribution in [3.8, 4) is 0 Å². The van der Waals surface area contributed by atoms with Crippen molar-refractivity contribution in [3.63, 3.8) is 0 Å². The van der Waals surface area contributed by atoms with E-state index in [0.717, 1.165) is 31.1 Å². The number of rotatable bonds is 10. The Bertz CT molecular complexity index is 391. The molecular formula is C17H35NO4SSi. The maximum atomic E-state index is 12.3. The number of carbonyl (C=O) groups is 2. The molecule has 0 saturated heterocycles. The van der Waals surface area contributed by atoms with E-state index in [0.29, 0.717) is 13.0 Å². The SMILES string of the molecule is CC(C)(C)OC(=O)N[C@@H](CCCCCS)C(=O)OCC[Si](C)(C)C. The van der Waals surface area contributed by atoms with E-state index >= 15 is 0 Å². The lowest BCUT2D eigenvalue weighted by atomic mass is 10.1. The Labute approximate surface area is 153 Å². The minimum Gasteiger partial charge on any atom is -0.464 e. The van der Waals surface area contributed by atoms with Crippen LogP contribution in [0.1, 0.15) is 46.5 Å². The Balaban J connectivity index is 4.55. The molecule has 0 radical (unpaired) electrons. The van der Waals surface area contributed by atoms with Gasteiger partial charge in [-0.1, -0.05) is 32.5 Å². The lowest BCUT2D eigenvalue weighted by Crippen LogP contribution is -2.44. The van der Waals surface area contributed by atoms with Gasteiger partial charge in [-0.3, -0.25) is 0 Å². The molecule has 0 saturated carbocycles. The van der Waals surface area contributed by atoms with E-state index in [9.17, 15) is 9.59 Å². The monoisotopic (exact) mass is 377 g/mol. The van der Waals surface area contributed by atoms with Crippen molar-refractivity contribution >= 4 is 32.8 Å². The third kappa shape index (κ3) is 13.7. The van der Waals surface area contributed by atoms with Crippen LogP contribution in [0.4, 0.5) is 4.79 Å². The fourth-order valence-corrected chi connectivity index (χ4v) is 2.83. The molecule has 0 unspecified atom stereocenters. The van der Waals surface area contributed by atoms with E-state index in [2.05, 4.69) is 37.6 Å². The predicted octanol–water partition coefficient (Wildman–Crippen LogP) is 4.25. The lowest BCUT2D eigenvalue weighted by Gasteiger charge is -2.23. The summed E-state index contributed by atoms with van der Waals surface area (Å²) in [6.45, 7) is 12.5. The molecule has 0 aromatic carbocycles. The summed E-state index contributed by atoms with van der Waals surface area (Å²) in [6.07, 6.45) is 2.78. The molecule has 0 rings (SSSR count). The number of esters is 1. The highest BCUT2D eigenvalue weighted by molar-refractivity contribution is 7.80. The standard InChI is InChI=1S/C17H35NO4SSi/c1-17(2,3)22-16(20)18-14(10-8-7-9-12-23)15(19)21-11-13-24(4,5)6/h14,23H,7-13H2,1-6H3,(H,18,20)/t14-/m0/s1. The summed E-state index contributed by atoms with van der Waals surface area (Å²) in [5.41, 5.74) is -0.595. The number of carbonyl (C=O) groups excluding carboxylic acids is 2. The molecule has 7 heteroatoms. The normalized spacial score (nSPS) is 13.3. The van der Waals surface area contributed by atoms with Crippen LogP contribution in [0.2, 0.25) is 25.7 Å². The molecule has 142 valence electrons. The molecule has 1 N–H and O–H groups in total. The number of ether oxygens (including phenoxy) is 2. The van der Waals surface area contributed by atoms with Crippen LogP contribution >= 0.6 is 12.6 Å². The van der Waals surface area contributed by atoms with Crippen LogP contribution in [-0.2, 0) is 14.3 Å². The minimum absolute atomic E-state index is 0.370. The van der Waals surface area contributed by atoms with Crippen molar-refractivity contribution in [3.05, 3.63) is 0 Å². The number of unbranched alkanes of at least 4 members (excludes halogenated alkanes) is 2. The average molecular weight is 378 g/mol. The summed E-state index contributed by atoms with van der Waals surface area (Å²) in [7, 11) is -1.26. The third-order valence-electron chi connectivity index (χ3n) is 3.22. The van der Waals surface area contributed by atoms with Crippen LogP contribution in [0.3, 0.4) is 0 Å². The van der Waals surface area contributed by atoms with Gasteiger partial charge in [-0.05, 0) is 45.4 Å². The maximum Gasteiger partial charge on any atom is 0.408 e. The van der Waals surface area contributed by atoms with Gasteiger partial charge in [0.15, 0.2) is 0 Å². The molecule has 0 aliphatic heterocycles. The van der Waals surface area contributed by atoms with Gasteiger partial charge in [0.05, 0.1) is 6.61 Å². The maximum absolute atomic E-state index is 12.3. The summed E-state index contributed by atoms with van der Waals surface area (Å²) >= 11 is 4.18. The molecular weight excluding hydrogens is 342 g/mol. The van der Waals surface area contributed by atoms with E-state index in [1.807, 2.05) is 0 Å². The average Bonchev–Trinajstić information content (AvgIpc) is 2.38. The third-order valence-corrected chi connectivity index (χ3v) is 5.24. The Morgan fingerprint density at radius 3 is 2.25 bits per heavy atom. The highest BCUT2D eigenvalue weighted by Gasteiger charge is 2.25. The summed E-state index contributed by atoms with van der Waals surface area (Å²) in [5, 5.41) is 2.65. The summed E-state index contributed by atoms with van der Waals surface area (Å²) < 4.78 is 10.6. The number of hydrogen-bond acceptors (Lipinski definition) is 5. The second-order valence-corrected chi connectivity index (χ2v) is 14.3. The first-order chi connectivity index (χ1) is 10.9. The first kappa shape index (κ1) is 23.3. The second-order valence-electron chi connectivity index (χ2n) is 8.25. The summed E-state index contributed by atoms with van der Waals surface area (Å²) in [6, 6.07) is 0.263. The Hall–Kier alpha value is -0.693. The fourth-order valence-electron chi connectivity index (χ4n) is 1.89. The topological polar surface area (TPSA) is 64.6 Å². The summed E-state index contributed by atoms with van der Waals surface area (Å²) in [4.78, 5) is 24.3.